The lowest BCUT2D eigenvalue weighted by Gasteiger charge is -2.28. The van der Waals surface area contributed by atoms with Crippen LogP contribution in [0, 0.1) is 41.5 Å². The van der Waals surface area contributed by atoms with Crippen LogP contribution in [0.4, 0.5) is 69.8 Å². The molecule has 0 aliphatic rings. The molecule has 7 heterocycles. The molecule has 0 radical (unpaired) electrons. The summed E-state index contributed by atoms with van der Waals surface area (Å²) in [6, 6.07) is 61.9. The number of hydrogen-bond donors (Lipinski definition) is 13. The number of carbonyl (C=O) groups is 2. The van der Waals surface area contributed by atoms with E-state index in [9.17, 15) is 33.9 Å². The van der Waals surface area contributed by atoms with Gasteiger partial charge in [0.2, 0.25) is 58.6 Å². The van der Waals surface area contributed by atoms with E-state index in [4.69, 9.17) is 120 Å². The Morgan fingerprint density at radius 1 is 0.361 bits per heavy atom. The van der Waals surface area contributed by atoms with Gasteiger partial charge < -0.3 is 85.1 Å². The summed E-state index contributed by atoms with van der Waals surface area (Å²) in [5, 5.41) is 50.3. The minimum absolute atomic E-state index is 0.0558. The maximum absolute atomic E-state index is 12.1. The molecule has 0 fully saturated rings. The molecular formula is C102H106Cl7IN20O17. The number of anilines is 12. The lowest BCUT2D eigenvalue weighted by Crippen LogP contribution is -2.25. The van der Waals surface area contributed by atoms with Gasteiger partial charge in [-0.1, -0.05) is 189 Å². The number of aromatic amines is 4. The van der Waals surface area contributed by atoms with Gasteiger partial charge in [-0.05, 0) is 191 Å². The largest absolute Gasteiger partial charge is 0.481 e. The van der Waals surface area contributed by atoms with E-state index < -0.39 is 18.0 Å². The molecule has 2 unspecified atom stereocenters. The van der Waals surface area contributed by atoms with E-state index in [2.05, 4.69) is 134 Å². The van der Waals surface area contributed by atoms with Crippen molar-refractivity contribution < 1.29 is 62.8 Å². The predicted octanol–water partition coefficient (Wildman–Crippen LogP) is 21.2. The third-order valence-electron chi connectivity index (χ3n) is 20.2. The Labute approximate surface area is 894 Å². The van der Waals surface area contributed by atoms with Crippen LogP contribution >= 0.6 is 104 Å². The van der Waals surface area contributed by atoms with E-state index in [-0.39, 0.29) is 107 Å². The second-order valence-corrected chi connectivity index (χ2v) is 35.5. The predicted molar refractivity (Wildman–Crippen MR) is 580 cm³/mol. The first-order valence-electron chi connectivity index (χ1n) is 44.3. The Morgan fingerprint density at radius 3 is 1.02 bits per heavy atom. The average Bonchev–Trinajstić information content (AvgIpc) is 0.879. The number of benzene rings is 8. The maximum atomic E-state index is 12.1. The molecule has 0 spiro atoms. The highest BCUT2D eigenvalue weighted by Crippen LogP contribution is 2.34. The number of carbonyl (C=O) groups excluding carboxylic acids is 2. The normalized spacial score (nSPS) is 11.0. The fourth-order valence-electron chi connectivity index (χ4n) is 12.6. The Kier molecular flexibility index (Phi) is 46.5. The summed E-state index contributed by atoms with van der Waals surface area (Å²) < 4.78 is 42.3. The number of rotatable bonds is 31. The smallest absolute Gasteiger partial charge is 0.357 e. The third kappa shape index (κ3) is 37.9. The first kappa shape index (κ1) is 117. The number of alkyl halides is 1. The molecule has 8 aromatic carbocycles. The van der Waals surface area contributed by atoms with Crippen LogP contribution < -0.4 is 68.3 Å². The standard InChI is InChI=1S/C24H28ClN3O3.C20H20ClN3O3.C14H14ClN3O3.C13H14ClN3O2.C12H11ClIN3O.C12H12ClN3O2.C7H7ClN2O3/c1-16-19(25)11-8-12-20(16)27-23-26-18(13-22(29)28-23)14-30-15-21(31-24(2,3)4)17-9-6-5-7-10-17;1-13-16(21)8-5-9-17(13)23-20-22-15(10-19(26)24-20)11-27-12-18(25)14-6-3-2-4-7-14;1-8-9(15)5-4-6-10(8)16-14-17-11(13(19)21-3)7-12(18-14)20-2;1-8-10(14)4-3-5-11(8)16-13-15-9(7-18)6-12(17-13)19-2;1-7-9(13)3-2-4-10(7)16-12-15-8(6-14)5-11(18)17-12;1-7-9(13)3-2-4-10(7)15-12-14-8(6-17)5-11(18)16-12;1-12-5-3-4(6(11)13-2)9-7(8)10-5/h5-13,21H,14-15H2,1-4H3,(H2,26,27,28,29);2-10,18,25H,11-12H2,1H3,(H2,22,23,24,26);4-7H,1-3H3,(H,16,17,18);3-6,18H,7H2,1-2H3,(H,15,16,17);2-5H,6H2,1H3,(H2,15,16,17,18);2-5,17H,6H2,1H3,(H2,14,15,16,18);3H,1-2H3. The molecule has 2 atom stereocenters. The zero-order valence-electron chi connectivity index (χ0n) is 81.9. The molecular weight excluding hydrogens is 2150 g/mol. The lowest BCUT2D eigenvalue weighted by atomic mass is 10.1. The highest BCUT2D eigenvalue weighted by Gasteiger charge is 2.23. The number of esters is 2. The highest BCUT2D eigenvalue weighted by molar-refractivity contribution is 14.1. The fraction of sp³-hybridized carbons (Fsp3) is 0.235. The minimum atomic E-state index is -0.736. The lowest BCUT2D eigenvalue weighted by molar-refractivity contribution is -0.0976. The number of hydrogen-bond acceptors (Lipinski definition) is 33. The van der Waals surface area contributed by atoms with E-state index in [1.165, 1.54) is 71.9 Å². The number of halogens is 8. The van der Waals surface area contributed by atoms with Crippen molar-refractivity contribution in [3.05, 3.63) is 374 Å². The molecule has 772 valence electrons. The first-order chi connectivity index (χ1) is 70.3. The number of nitrogens with zero attached hydrogens (tertiary/aromatic N) is 10. The summed E-state index contributed by atoms with van der Waals surface area (Å²) in [5.41, 5.74) is 13.0. The molecule has 45 heteroatoms. The molecule has 15 rings (SSSR count). The topological polar surface area (TPSA) is 501 Å². The number of methoxy groups -OCH3 is 5. The molecule has 7 aromatic heterocycles. The molecule has 37 nitrogen and oxygen atoms in total. The van der Waals surface area contributed by atoms with E-state index >= 15 is 0 Å². The molecule has 15 aromatic rings. The molecule has 13 N–H and O–H groups in total. The van der Waals surface area contributed by atoms with E-state index in [1.807, 2.05) is 202 Å². The molecule has 0 bridgehead atoms. The summed E-state index contributed by atoms with van der Waals surface area (Å²) in [6.07, 6.45) is -0.963. The SMILES string of the molecule is COC(=O)c1cc(OC)nc(Cl)n1.COC(=O)c1cc(OC)nc(Nc2cccc(Cl)c2C)n1.COc1cc(CO)nc(Nc2cccc(Cl)c2C)n1.Cc1c(Cl)cccc1Nc1nc(CI)cc(=O)[nH]1.Cc1c(Cl)cccc1Nc1nc(CO)cc(=O)[nH]1.Cc1c(Cl)cccc1Nc1nc(COCC(O)c2ccccc2)cc(=O)[nH]1.Cc1c(Cl)cccc1Nc1nc(COCC(OC(C)(C)C)c2ccccc2)cc(=O)[nH]1. The van der Waals surface area contributed by atoms with Crippen molar-refractivity contribution in [3.8, 4) is 17.6 Å². The van der Waals surface area contributed by atoms with Crippen molar-refractivity contribution >= 4 is 186 Å². The Bertz CT molecular complexity index is 7060. The van der Waals surface area contributed by atoms with E-state index in [0.717, 1.165) is 84.3 Å². The van der Waals surface area contributed by atoms with Crippen LogP contribution in [-0.4, -0.2) is 151 Å². The van der Waals surface area contributed by atoms with Gasteiger partial charge in [-0.25, -0.2) is 44.5 Å². The number of aromatic nitrogens is 14. The summed E-state index contributed by atoms with van der Waals surface area (Å²) in [7, 11) is 6.92. The summed E-state index contributed by atoms with van der Waals surface area (Å²) in [6.45, 7) is 17.6. The summed E-state index contributed by atoms with van der Waals surface area (Å²) in [4.78, 5) is 121. The molecule has 0 aliphatic carbocycles. The summed E-state index contributed by atoms with van der Waals surface area (Å²) >= 11 is 44.1. The van der Waals surface area contributed by atoms with Crippen LogP contribution in [0.2, 0.25) is 35.4 Å². The Balaban J connectivity index is 0.000000194. The van der Waals surface area contributed by atoms with E-state index in [1.54, 1.807) is 36.4 Å². The van der Waals surface area contributed by atoms with Gasteiger partial charge in [0, 0.05) is 111 Å². The van der Waals surface area contributed by atoms with Crippen molar-refractivity contribution in [2.45, 2.75) is 111 Å². The maximum Gasteiger partial charge on any atom is 0.357 e. The molecule has 0 saturated carbocycles. The van der Waals surface area contributed by atoms with Crippen LogP contribution in [0.25, 0.3) is 0 Å². The van der Waals surface area contributed by atoms with Gasteiger partial charge in [-0.2, -0.15) is 15.0 Å². The molecule has 0 saturated heterocycles. The quantitative estimate of drug-likeness (QED) is 0.00830. The molecule has 0 amide bonds. The molecule has 147 heavy (non-hydrogen) atoms. The number of aliphatic hydroxyl groups excluding tert-OH is 3. The van der Waals surface area contributed by atoms with Crippen molar-refractivity contribution in [1.29, 1.82) is 0 Å². The van der Waals surface area contributed by atoms with Gasteiger partial charge in [0.25, 0.3) is 22.2 Å². The van der Waals surface area contributed by atoms with Crippen LogP contribution in [0.15, 0.2) is 232 Å². The third-order valence-corrected chi connectivity index (χ3v) is 23.6. The summed E-state index contributed by atoms with van der Waals surface area (Å²) in [5.74, 6) is 1.64. The van der Waals surface area contributed by atoms with Crippen molar-refractivity contribution in [2.24, 2.45) is 0 Å². The van der Waals surface area contributed by atoms with Crippen LogP contribution in [0.3, 0.4) is 0 Å². The van der Waals surface area contributed by atoms with E-state index in [0.29, 0.717) is 93.6 Å². The average molecular weight is 2260 g/mol. The number of H-pyrrole nitrogens is 4. The first-order valence-corrected chi connectivity index (χ1v) is 48.5. The Morgan fingerprint density at radius 2 is 0.667 bits per heavy atom. The Hall–Kier alpha value is -13.8. The number of nitrogens with one attached hydrogen (secondary N) is 10. The van der Waals surface area contributed by atoms with Crippen molar-refractivity contribution in [1.82, 2.24) is 69.8 Å². The minimum Gasteiger partial charge on any atom is -0.481 e. The van der Waals surface area contributed by atoms with Crippen LogP contribution in [0.5, 0.6) is 17.6 Å². The van der Waals surface area contributed by atoms with Gasteiger partial charge in [-0.15, -0.1) is 0 Å². The van der Waals surface area contributed by atoms with Gasteiger partial charge in [0.05, 0.1) is 109 Å². The van der Waals surface area contributed by atoms with Gasteiger partial charge in [0.1, 0.15) is 12.2 Å². The zero-order chi connectivity index (χ0) is 107. The second-order valence-electron chi connectivity index (χ2n) is 32.0. The van der Waals surface area contributed by atoms with Crippen LogP contribution in [-0.2, 0) is 54.5 Å². The monoisotopic (exact) mass is 2250 g/mol. The second kappa shape index (κ2) is 58.5. The number of ether oxygens (including phenoxy) is 8. The fourth-order valence-corrected chi connectivity index (χ4v) is 14.2. The van der Waals surface area contributed by atoms with Crippen LogP contribution in [0.1, 0.15) is 127 Å². The number of aliphatic hydroxyl groups is 3. The van der Waals surface area contributed by atoms with Crippen molar-refractivity contribution in [3.63, 3.8) is 0 Å². The zero-order valence-corrected chi connectivity index (χ0v) is 89.3. The highest BCUT2D eigenvalue weighted by atomic mass is 127. The van der Waals surface area contributed by atoms with Gasteiger partial charge in [0.15, 0.2) is 11.4 Å². The molecule has 0 aliphatic heterocycles. The van der Waals surface area contributed by atoms with Crippen molar-refractivity contribution in [2.75, 3.05) is 80.7 Å². The van der Waals surface area contributed by atoms with Gasteiger partial charge >= 0.3 is 11.9 Å². The van der Waals surface area contributed by atoms with Gasteiger partial charge in [-0.3, -0.25) is 39.1 Å².